The van der Waals surface area contributed by atoms with Gasteiger partial charge in [-0.25, -0.2) is 0 Å². The van der Waals surface area contributed by atoms with Gasteiger partial charge in [-0.3, -0.25) is 0 Å². The first-order valence-corrected chi connectivity index (χ1v) is 9.04. The highest BCUT2D eigenvalue weighted by Crippen LogP contribution is 2.61. The Morgan fingerprint density at radius 2 is 1.52 bits per heavy atom. The molecule has 5 heteroatoms. The van der Waals surface area contributed by atoms with Crippen molar-refractivity contribution in [2.24, 2.45) is 0 Å². The van der Waals surface area contributed by atoms with Crippen molar-refractivity contribution < 1.29 is 14.2 Å². The zero-order chi connectivity index (χ0) is 15.3. The molecule has 1 aromatic rings. The van der Waals surface area contributed by atoms with Gasteiger partial charge in [-0.15, -0.1) is 0 Å². The quantitative estimate of drug-likeness (QED) is 0.699. The topological polar surface area (TPSA) is 27.7 Å². The normalized spacial score (nSPS) is 20.4. The Morgan fingerprint density at radius 1 is 1.00 bits per heavy atom. The van der Waals surface area contributed by atoms with Crippen molar-refractivity contribution in [2.75, 3.05) is 6.61 Å². The zero-order valence-electron chi connectivity index (χ0n) is 13.2. The van der Waals surface area contributed by atoms with Crippen molar-refractivity contribution in [1.82, 2.24) is 0 Å². The molecule has 0 aliphatic carbocycles. The monoisotopic (exact) mass is 326 g/mol. The molecule has 0 atom stereocenters. The fraction of sp³-hybridized carbons (Fsp3) is 0.625. The lowest BCUT2D eigenvalue weighted by molar-refractivity contribution is 0.176. The lowest BCUT2D eigenvalue weighted by atomic mass is 10.2. The van der Waals surface area contributed by atoms with E-state index in [1.807, 2.05) is 0 Å². The summed E-state index contributed by atoms with van der Waals surface area (Å²) in [6.45, 7) is 11.2. The van der Waals surface area contributed by atoms with Gasteiger partial charge in [0.1, 0.15) is 0 Å². The maximum Gasteiger partial charge on any atom is 0.206 e. The average Bonchev–Trinajstić information content (AvgIpc) is 2.82. The Kier molecular flexibility index (Phi) is 3.77. The summed E-state index contributed by atoms with van der Waals surface area (Å²) in [5.41, 5.74) is 0. The number of rotatable bonds is 4. The predicted molar refractivity (Wildman–Crippen MR) is 88.0 cm³/mol. The minimum Gasteiger partial charge on any atom is -0.486 e. The summed E-state index contributed by atoms with van der Waals surface area (Å²) in [7, 11) is 0. The highest BCUT2D eigenvalue weighted by atomic mass is 32.2. The molecule has 0 aromatic heterocycles. The fourth-order valence-corrected chi connectivity index (χ4v) is 4.63. The van der Waals surface area contributed by atoms with Crippen LogP contribution in [0.3, 0.4) is 0 Å². The third kappa shape index (κ3) is 2.95. The second-order valence-corrected chi connectivity index (χ2v) is 9.52. The van der Waals surface area contributed by atoms with Crippen LogP contribution in [-0.4, -0.2) is 16.5 Å². The molecule has 2 aliphatic rings. The summed E-state index contributed by atoms with van der Waals surface area (Å²) in [5, 5.41) is 0. The van der Waals surface area contributed by atoms with Crippen LogP contribution in [0.1, 0.15) is 47.5 Å². The van der Waals surface area contributed by atoms with Crippen molar-refractivity contribution in [3.05, 3.63) is 6.07 Å². The second-order valence-electron chi connectivity index (χ2n) is 6.27. The molecule has 2 aliphatic heterocycles. The van der Waals surface area contributed by atoms with Crippen molar-refractivity contribution in [2.45, 2.75) is 67.1 Å². The molecule has 0 N–H and O–H groups in total. The highest BCUT2D eigenvalue weighted by molar-refractivity contribution is 8.01. The van der Waals surface area contributed by atoms with E-state index < -0.39 is 0 Å². The summed E-state index contributed by atoms with van der Waals surface area (Å²) in [4.78, 5) is 1.80. The molecule has 3 nitrogen and oxygen atoms in total. The largest absolute Gasteiger partial charge is 0.486 e. The summed E-state index contributed by atoms with van der Waals surface area (Å²) in [6.07, 6.45) is 2.14. The summed E-state index contributed by atoms with van der Waals surface area (Å²) in [6, 6.07) is 2.18. The number of benzene rings is 1. The Hall–Kier alpha value is -0.680. The Balaban J connectivity index is 2.00. The summed E-state index contributed by atoms with van der Waals surface area (Å²) in [5.74, 6) is 2.48. The molecular weight excluding hydrogens is 304 g/mol. The van der Waals surface area contributed by atoms with Gasteiger partial charge in [-0.1, -0.05) is 36.9 Å². The summed E-state index contributed by atoms with van der Waals surface area (Å²) < 4.78 is 18.2. The first-order chi connectivity index (χ1) is 9.81. The van der Waals surface area contributed by atoms with Gasteiger partial charge in [0.25, 0.3) is 0 Å². The number of hydrogen-bond acceptors (Lipinski definition) is 5. The Morgan fingerprint density at radius 3 is 2.00 bits per heavy atom. The molecule has 3 rings (SSSR count). The maximum absolute atomic E-state index is 6.10. The number of thioether (sulfide) groups is 2. The standard InChI is InChI=1S/C16H22O3S2/c1-6-7-8-17-14-12-10(20-15(2,3)18-12)9-11-13(14)19-16(4,5)21-11/h9H,6-8H2,1-5H3. The zero-order valence-corrected chi connectivity index (χ0v) is 14.9. The van der Waals surface area contributed by atoms with Gasteiger partial charge in [0.05, 0.1) is 16.4 Å². The van der Waals surface area contributed by atoms with E-state index in [0.717, 1.165) is 39.9 Å². The SMILES string of the molecule is CCCCOc1c2c(cc3c1OC(C)(C)S3)SC(C)(C)O2. The van der Waals surface area contributed by atoms with E-state index in [2.05, 4.69) is 40.7 Å². The van der Waals surface area contributed by atoms with Crippen molar-refractivity contribution >= 4 is 23.5 Å². The van der Waals surface area contributed by atoms with Crippen LogP contribution < -0.4 is 14.2 Å². The van der Waals surface area contributed by atoms with Crippen LogP contribution >= 0.6 is 23.5 Å². The van der Waals surface area contributed by atoms with Gasteiger partial charge in [0, 0.05) is 0 Å². The lowest BCUT2D eigenvalue weighted by Gasteiger charge is -2.19. The van der Waals surface area contributed by atoms with Crippen LogP contribution in [0.5, 0.6) is 17.2 Å². The molecule has 116 valence electrons. The van der Waals surface area contributed by atoms with Crippen molar-refractivity contribution in [3.8, 4) is 17.2 Å². The number of unbranched alkanes of at least 4 members (excludes halogenated alkanes) is 1. The first-order valence-electron chi connectivity index (χ1n) is 7.41. The lowest BCUT2D eigenvalue weighted by Crippen LogP contribution is -2.19. The Labute approximate surface area is 135 Å². The van der Waals surface area contributed by atoms with E-state index in [-0.39, 0.29) is 9.87 Å². The van der Waals surface area contributed by atoms with Gasteiger partial charge >= 0.3 is 0 Å². The summed E-state index contributed by atoms with van der Waals surface area (Å²) >= 11 is 3.48. The third-order valence-corrected chi connectivity index (χ3v) is 5.47. The molecule has 0 radical (unpaired) electrons. The molecule has 1 aromatic carbocycles. The smallest absolute Gasteiger partial charge is 0.206 e. The average molecular weight is 326 g/mol. The van der Waals surface area contributed by atoms with Gasteiger partial charge < -0.3 is 14.2 Å². The predicted octanol–water partition coefficient (Wildman–Crippen LogP) is 5.31. The first kappa shape index (κ1) is 15.2. The molecule has 0 unspecified atom stereocenters. The maximum atomic E-state index is 6.10. The van der Waals surface area contributed by atoms with Gasteiger partial charge in [-0.2, -0.15) is 0 Å². The van der Waals surface area contributed by atoms with Gasteiger partial charge in [0.15, 0.2) is 21.4 Å². The molecule has 2 heterocycles. The van der Waals surface area contributed by atoms with Crippen LogP contribution in [0.15, 0.2) is 15.9 Å². The molecule has 0 amide bonds. The van der Waals surface area contributed by atoms with Gasteiger partial charge in [-0.05, 0) is 40.2 Å². The van der Waals surface area contributed by atoms with Gasteiger partial charge in [0.2, 0.25) is 5.75 Å². The highest BCUT2D eigenvalue weighted by Gasteiger charge is 2.41. The van der Waals surface area contributed by atoms with Crippen molar-refractivity contribution in [1.29, 1.82) is 0 Å². The number of hydrogen-bond donors (Lipinski definition) is 0. The molecule has 0 saturated heterocycles. The van der Waals surface area contributed by atoms with Crippen LogP contribution in [0.2, 0.25) is 0 Å². The van der Waals surface area contributed by atoms with E-state index in [1.165, 1.54) is 0 Å². The van der Waals surface area contributed by atoms with Crippen LogP contribution in [-0.2, 0) is 0 Å². The minimum absolute atomic E-state index is 0.250. The molecule has 0 saturated carbocycles. The molecule has 0 fully saturated rings. The fourth-order valence-electron chi connectivity index (χ4n) is 2.43. The molecular formula is C16H22O3S2. The van der Waals surface area contributed by atoms with E-state index in [1.54, 1.807) is 23.5 Å². The van der Waals surface area contributed by atoms with Crippen LogP contribution in [0.4, 0.5) is 0 Å². The van der Waals surface area contributed by atoms with E-state index in [9.17, 15) is 0 Å². The second kappa shape index (κ2) is 5.20. The molecule has 0 spiro atoms. The Bertz CT molecular complexity index is 525. The van der Waals surface area contributed by atoms with E-state index in [4.69, 9.17) is 14.2 Å². The van der Waals surface area contributed by atoms with Crippen molar-refractivity contribution in [3.63, 3.8) is 0 Å². The van der Waals surface area contributed by atoms with E-state index in [0.29, 0.717) is 6.61 Å². The van der Waals surface area contributed by atoms with E-state index >= 15 is 0 Å². The number of ether oxygens (including phenoxy) is 3. The molecule has 0 bridgehead atoms. The third-order valence-electron chi connectivity index (χ3n) is 3.27. The van der Waals surface area contributed by atoms with Crippen LogP contribution in [0.25, 0.3) is 0 Å². The van der Waals surface area contributed by atoms with Crippen LogP contribution in [0, 0.1) is 0 Å². The number of fused-ring (bicyclic) bond motifs is 2. The molecule has 21 heavy (non-hydrogen) atoms. The minimum atomic E-state index is -0.250.